The molecule has 0 spiro atoms. The molecule has 0 aliphatic heterocycles. The van der Waals surface area contributed by atoms with Crippen molar-refractivity contribution in [2.45, 2.75) is 31.6 Å². The standard InChI is InChI=1S/C16H23Cl2NO4S/c1-4-6-9-19(5-2)16(20)14-12(17)7-8-13(15(14)18)24(21,22)11-10-23-3/h7-8H,4-6,9-11H2,1-3H3. The molecule has 0 aliphatic carbocycles. The van der Waals surface area contributed by atoms with Gasteiger partial charge in [0.25, 0.3) is 5.91 Å². The van der Waals surface area contributed by atoms with Crippen LogP contribution in [0.5, 0.6) is 0 Å². The van der Waals surface area contributed by atoms with E-state index in [0.29, 0.717) is 13.1 Å². The molecule has 0 saturated carbocycles. The molecular formula is C16H23Cl2NO4S. The predicted octanol–water partition coefficient (Wildman–Crippen LogP) is 3.68. The van der Waals surface area contributed by atoms with E-state index in [2.05, 4.69) is 0 Å². The number of benzene rings is 1. The summed E-state index contributed by atoms with van der Waals surface area (Å²) in [7, 11) is -2.24. The smallest absolute Gasteiger partial charge is 0.256 e. The highest BCUT2D eigenvalue weighted by atomic mass is 35.5. The van der Waals surface area contributed by atoms with Crippen LogP contribution in [0.2, 0.25) is 10.0 Å². The van der Waals surface area contributed by atoms with Gasteiger partial charge in [0, 0.05) is 20.2 Å². The Morgan fingerprint density at radius 1 is 1.25 bits per heavy atom. The molecule has 0 aliphatic rings. The predicted molar refractivity (Wildman–Crippen MR) is 96.9 cm³/mol. The minimum atomic E-state index is -3.66. The summed E-state index contributed by atoms with van der Waals surface area (Å²) in [5, 5.41) is 0.0178. The molecule has 0 saturated heterocycles. The van der Waals surface area contributed by atoms with Gasteiger partial charge in [-0.25, -0.2) is 8.42 Å². The Labute approximate surface area is 153 Å². The van der Waals surface area contributed by atoms with Gasteiger partial charge in [0.1, 0.15) is 0 Å². The summed E-state index contributed by atoms with van der Waals surface area (Å²) in [4.78, 5) is 14.3. The van der Waals surface area contributed by atoms with Crippen molar-refractivity contribution in [3.05, 3.63) is 27.7 Å². The van der Waals surface area contributed by atoms with Gasteiger partial charge >= 0.3 is 0 Å². The molecule has 136 valence electrons. The summed E-state index contributed by atoms with van der Waals surface area (Å²) in [5.41, 5.74) is 0.0368. The average Bonchev–Trinajstić information content (AvgIpc) is 2.53. The Hall–Kier alpha value is -0.820. The maximum absolute atomic E-state index is 12.8. The summed E-state index contributed by atoms with van der Waals surface area (Å²) in [6.45, 7) is 4.99. The highest BCUT2D eigenvalue weighted by Crippen LogP contribution is 2.32. The van der Waals surface area contributed by atoms with Gasteiger partial charge in [0.15, 0.2) is 9.84 Å². The SMILES string of the molecule is CCCCN(CC)C(=O)c1c(Cl)ccc(S(=O)(=O)CCOC)c1Cl. The van der Waals surface area contributed by atoms with Crippen molar-refractivity contribution in [1.82, 2.24) is 4.90 Å². The summed E-state index contributed by atoms with van der Waals surface area (Å²) < 4.78 is 29.6. The maximum Gasteiger partial charge on any atom is 0.256 e. The summed E-state index contributed by atoms with van der Waals surface area (Å²) in [6, 6.07) is 2.72. The fraction of sp³-hybridized carbons (Fsp3) is 0.562. The number of sulfone groups is 1. The third-order valence-corrected chi connectivity index (χ3v) is 6.15. The van der Waals surface area contributed by atoms with Crippen molar-refractivity contribution in [2.24, 2.45) is 0 Å². The van der Waals surface area contributed by atoms with Crippen molar-refractivity contribution in [3.63, 3.8) is 0 Å². The normalized spacial score (nSPS) is 11.5. The minimum Gasteiger partial charge on any atom is -0.384 e. The van der Waals surface area contributed by atoms with Crippen molar-refractivity contribution in [1.29, 1.82) is 0 Å². The number of methoxy groups -OCH3 is 1. The molecule has 0 N–H and O–H groups in total. The van der Waals surface area contributed by atoms with Crippen LogP contribution in [-0.4, -0.2) is 51.8 Å². The van der Waals surface area contributed by atoms with E-state index < -0.39 is 9.84 Å². The number of amides is 1. The van der Waals surface area contributed by atoms with Crippen molar-refractivity contribution in [2.75, 3.05) is 32.6 Å². The third-order valence-electron chi connectivity index (χ3n) is 3.61. The first kappa shape index (κ1) is 21.2. The van der Waals surface area contributed by atoms with Gasteiger partial charge in [-0.1, -0.05) is 36.5 Å². The molecule has 0 bridgehead atoms. The Balaban J connectivity index is 3.29. The maximum atomic E-state index is 12.8. The summed E-state index contributed by atoms with van der Waals surface area (Å²) in [5.74, 6) is -0.573. The van der Waals surface area contributed by atoms with E-state index in [0.717, 1.165) is 12.8 Å². The van der Waals surface area contributed by atoms with Crippen LogP contribution < -0.4 is 0 Å². The Morgan fingerprint density at radius 2 is 1.92 bits per heavy atom. The van der Waals surface area contributed by atoms with Crippen LogP contribution in [0.25, 0.3) is 0 Å². The topological polar surface area (TPSA) is 63.7 Å². The molecule has 1 aromatic carbocycles. The van der Waals surface area contributed by atoms with Crippen LogP contribution >= 0.6 is 23.2 Å². The van der Waals surface area contributed by atoms with Gasteiger partial charge in [-0.15, -0.1) is 0 Å². The van der Waals surface area contributed by atoms with E-state index >= 15 is 0 Å². The van der Waals surface area contributed by atoms with Crippen molar-refractivity contribution < 1.29 is 17.9 Å². The van der Waals surface area contributed by atoms with Gasteiger partial charge in [0.2, 0.25) is 0 Å². The van der Waals surface area contributed by atoms with Crippen LogP contribution in [0.15, 0.2) is 17.0 Å². The van der Waals surface area contributed by atoms with Gasteiger partial charge in [-0.3, -0.25) is 4.79 Å². The molecule has 1 rings (SSSR count). The van der Waals surface area contributed by atoms with Gasteiger partial charge in [-0.05, 0) is 25.5 Å². The van der Waals surface area contributed by atoms with E-state index in [1.165, 1.54) is 19.2 Å². The zero-order chi connectivity index (χ0) is 18.3. The highest BCUT2D eigenvalue weighted by molar-refractivity contribution is 7.91. The molecule has 5 nitrogen and oxygen atoms in total. The number of halogens is 2. The van der Waals surface area contributed by atoms with E-state index in [1.54, 1.807) is 4.90 Å². The van der Waals surface area contributed by atoms with E-state index in [9.17, 15) is 13.2 Å². The highest BCUT2D eigenvalue weighted by Gasteiger charge is 2.27. The Kier molecular flexibility index (Phi) is 8.50. The lowest BCUT2D eigenvalue weighted by molar-refractivity contribution is 0.0762. The van der Waals surface area contributed by atoms with E-state index in [1.807, 2.05) is 13.8 Å². The zero-order valence-electron chi connectivity index (χ0n) is 14.1. The Morgan fingerprint density at radius 3 is 2.46 bits per heavy atom. The van der Waals surface area contributed by atoms with Crippen LogP contribution in [0, 0.1) is 0 Å². The first-order chi connectivity index (χ1) is 11.3. The Bertz CT molecular complexity index is 677. The van der Waals surface area contributed by atoms with Gasteiger partial charge in [-0.2, -0.15) is 0 Å². The van der Waals surface area contributed by atoms with E-state index in [-0.39, 0.29) is 38.8 Å². The molecule has 1 amide bonds. The second kappa shape index (κ2) is 9.61. The molecule has 0 unspecified atom stereocenters. The lowest BCUT2D eigenvalue weighted by atomic mass is 10.2. The molecule has 0 atom stereocenters. The lowest BCUT2D eigenvalue weighted by Gasteiger charge is -2.22. The van der Waals surface area contributed by atoms with Gasteiger partial charge in [0.05, 0.1) is 32.9 Å². The summed E-state index contributed by atoms with van der Waals surface area (Å²) >= 11 is 12.4. The monoisotopic (exact) mass is 395 g/mol. The number of ether oxygens (including phenoxy) is 1. The first-order valence-electron chi connectivity index (χ1n) is 7.79. The van der Waals surface area contributed by atoms with Crippen LogP contribution in [0.4, 0.5) is 0 Å². The number of hydrogen-bond acceptors (Lipinski definition) is 4. The van der Waals surface area contributed by atoms with Gasteiger partial charge < -0.3 is 9.64 Å². The van der Waals surface area contributed by atoms with Crippen LogP contribution in [-0.2, 0) is 14.6 Å². The molecule has 0 aromatic heterocycles. The molecule has 1 aromatic rings. The molecule has 0 fully saturated rings. The molecule has 0 radical (unpaired) electrons. The molecule has 8 heteroatoms. The number of carbonyl (C=O) groups is 1. The van der Waals surface area contributed by atoms with Crippen LogP contribution in [0.3, 0.4) is 0 Å². The number of unbranched alkanes of at least 4 members (excludes halogenated alkanes) is 1. The quantitative estimate of drug-likeness (QED) is 0.639. The van der Waals surface area contributed by atoms with Crippen molar-refractivity contribution >= 4 is 38.9 Å². The largest absolute Gasteiger partial charge is 0.384 e. The number of rotatable bonds is 9. The first-order valence-corrected chi connectivity index (χ1v) is 10.2. The van der Waals surface area contributed by atoms with Crippen LogP contribution in [0.1, 0.15) is 37.0 Å². The average molecular weight is 396 g/mol. The summed E-state index contributed by atoms with van der Waals surface area (Å²) in [6.07, 6.45) is 1.79. The lowest BCUT2D eigenvalue weighted by Crippen LogP contribution is -2.32. The number of hydrogen-bond donors (Lipinski definition) is 0. The van der Waals surface area contributed by atoms with Crippen molar-refractivity contribution in [3.8, 4) is 0 Å². The molecule has 0 heterocycles. The second-order valence-electron chi connectivity index (χ2n) is 5.28. The zero-order valence-corrected chi connectivity index (χ0v) is 16.5. The third kappa shape index (κ3) is 5.09. The fourth-order valence-corrected chi connectivity index (χ4v) is 4.32. The molecular weight excluding hydrogens is 373 g/mol. The second-order valence-corrected chi connectivity index (χ2v) is 8.15. The van der Waals surface area contributed by atoms with E-state index in [4.69, 9.17) is 27.9 Å². The fourth-order valence-electron chi connectivity index (χ4n) is 2.18. The molecule has 24 heavy (non-hydrogen) atoms. The number of carbonyl (C=O) groups excluding carboxylic acids is 1. The number of nitrogens with zero attached hydrogens (tertiary/aromatic N) is 1. The minimum absolute atomic E-state index is 0.0368.